The quantitative estimate of drug-likeness (QED) is 0.618. The maximum Gasteiger partial charge on any atom is 0.517 e. The van der Waals surface area contributed by atoms with Crippen LogP contribution in [0.15, 0.2) is 23.3 Å². The van der Waals surface area contributed by atoms with Gasteiger partial charge in [-0.3, -0.25) is 4.79 Å². The molecule has 2 aromatic rings. The lowest BCUT2D eigenvalue weighted by Gasteiger charge is -1.95. The number of hydrogen-bond acceptors (Lipinski definition) is 6. The molecule has 0 unspecified atom stereocenters. The molecule has 6 nitrogen and oxygen atoms in total. The molecule has 1 heterocycles. The average molecular weight is 249 g/mol. The Labute approximate surface area is 101 Å². The molecule has 0 atom stereocenters. The number of benzene rings is 1. The standard InChI is InChI=1S/C9H8BN3O3S/c1-5(14)11-9-12-7-3-2-6(10(15)13-16)4-8(7)17-9/h2-4,15H,1H3,(H,11,12,14). The van der Waals surface area contributed by atoms with Gasteiger partial charge in [-0.1, -0.05) is 22.5 Å². The number of nitrogens with zero attached hydrogens (tertiary/aromatic N) is 2. The first-order valence-corrected chi connectivity index (χ1v) is 5.60. The number of thiazole rings is 1. The Morgan fingerprint density at radius 2 is 2.35 bits per heavy atom. The SMILES string of the molecule is CC(=O)Nc1nc2ccc(B(O)N=O)cc2s1. The summed E-state index contributed by atoms with van der Waals surface area (Å²) in [4.78, 5) is 25.3. The summed E-state index contributed by atoms with van der Waals surface area (Å²) in [6.45, 7) is 1.40. The molecule has 0 spiro atoms. The van der Waals surface area contributed by atoms with Crippen molar-refractivity contribution >= 4 is 45.1 Å². The molecule has 0 fully saturated rings. The lowest BCUT2D eigenvalue weighted by atomic mass is 9.76. The second-order valence-electron chi connectivity index (χ2n) is 3.41. The summed E-state index contributed by atoms with van der Waals surface area (Å²) in [7, 11) is -1.37. The van der Waals surface area contributed by atoms with Crippen molar-refractivity contribution in [3.8, 4) is 0 Å². The highest BCUT2D eigenvalue weighted by molar-refractivity contribution is 7.22. The summed E-state index contributed by atoms with van der Waals surface area (Å²) in [5, 5.41) is 14.9. The van der Waals surface area contributed by atoms with Gasteiger partial charge in [-0.15, -0.1) is 0 Å². The van der Waals surface area contributed by atoms with Gasteiger partial charge in [0.2, 0.25) is 5.91 Å². The fourth-order valence-corrected chi connectivity index (χ4v) is 2.33. The predicted octanol–water partition coefficient (Wildman–Crippen LogP) is 0.709. The number of fused-ring (bicyclic) bond motifs is 1. The predicted molar refractivity (Wildman–Crippen MR) is 67.3 cm³/mol. The normalized spacial score (nSPS) is 10.2. The summed E-state index contributed by atoms with van der Waals surface area (Å²) >= 11 is 1.27. The summed E-state index contributed by atoms with van der Waals surface area (Å²) in [6, 6.07) is 4.87. The van der Waals surface area contributed by atoms with E-state index in [4.69, 9.17) is 0 Å². The van der Waals surface area contributed by atoms with Crippen molar-refractivity contribution in [1.82, 2.24) is 4.98 Å². The Balaban J connectivity index is 2.40. The molecule has 0 aliphatic heterocycles. The molecule has 8 heteroatoms. The van der Waals surface area contributed by atoms with E-state index in [1.54, 1.807) is 18.2 Å². The molecule has 17 heavy (non-hydrogen) atoms. The zero-order chi connectivity index (χ0) is 12.4. The van der Waals surface area contributed by atoms with Gasteiger partial charge in [0.25, 0.3) is 0 Å². The van der Waals surface area contributed by atoms with Crippen molar-refractivity contribution in [3.05, 3.63) is 23.1 Å². The van der Waals surface area contributed by atoms with Crippen molar-refractivity contribution in [2.24, 2.45) is 5.09 Å². The van der Waals surface area contributed by atoms with Gasteiger partial charge in [-0.05, 0) is 17.6 Å². The number of hydrogen-bond donors (Lipinski definition) is 2. The minimum atomic E-state index is -1.37. The Hall–Kier alpha value is -1.80. The van der Waals surface area contributed by atoms with Crippen LogP contribution in [0.25, 0.3) is 10.2 Å². The van der Waals surface area contributed by atoms with E-state index < -0.39 is 7.05 Å². The minimum Gasteiger partial charge on any atom is -0.425 e. The molecule has 0 saturated heterocycles. The molecular weight excluding hydrogens is 241 g/mol. The van der Waals surface area contributed by atoms with Crippen LogP contribution < -0.4 is 10.8 Å². The van der Waals surface area contributed by atoms with E-state index in [2.05, 4.69) is 15.4 Å². The van der Waals surface area contributed by atoms with Gasteiger partial charge >= 0.3 is 7.05 Å². The number of nitroso groups, excluding NO2 is 1. The Morgan fingerprint density at radius 3 is 3.00 bits per heavy atom. The number of carbonyl (C=O) groups excluding carboxylic acids is 1. The molecular formula is C9H8BN3O3S. The average Bonchev–Trinajstić information content (AvgIpc) is 2.67. The summed E-state index contributed by atoms with van der Waals surface area (Å²) in [5.74, 6) is -0.195. The fraction of sp³-hybridized carbons (Fsp3) is 0.111. The molecule has 0 bridgehead atoms. The maximum absolute atomic E-state index is 10.9. The highest BCUT2D eigenvalue weighted by Gasteiger charge is 2.17. The van der Waals surface area contributed by atoms with Crippen molar-refractivity contribution in [1.29, 1.82) is 0 Å². The molecule has 86 valence electrons. The van der Waals surface area contributed by atoms with Crippen LogP contribution in [0.5, 0.6) is 0 Å². The monoisotopic (exact) mass is 249 g/mol. The zero-order valence-electron chi connectivity index (χ0n) is 8.88. The van der Waals surface area contributed by atoms with Gasteiger partial charge < -0.3 is 10.3 Å². The summed E-state index contributed by atoms with van der Waals surface area (Å²) < 4.78 is 0.772. The molecule has 1 aromatic carbocycles. The number of amides is 1. The molecule has 2 rings (SSSR count). The van der Waals surface area contributed by atoms with Gasteiger partial charge in [0.1, 0.15) is 0 Å². The third kappa shape index (κ3) is 2.48. The van der Waals surface area contributed by atoms with Crippen LogP contribution in [0.2, 0.25) is 0 Å². The van der Waals surface area contributed by atoms with Crippen LogP contribution in [0, 0.1) is 4.91 Å². The molecule has 0 saturated carbocycles. The molecule has 2 N–H and O–H groups in total. The molecule has 0 aliphatic carbocycles. The number of aromatic nitrogens is 1. The third-order valence-electron chi connectivity index (χ3n) is 2.09. The first kappa shape index (κ1) is 11.7. The smallest absolute Gasteiger partial charge is 0.425 e. The lowest BCUT2D eigenvalue weighted by Crippen LogP contribution is -2.27. The van der Waals surface area contributed by atoms with Crippen LogP contribution >= 0.6 is 11.3 Å². The van der Waals surface area contributed by atoms with Crippen molar-refractivity contribution < 1.29 is 9.82 Å². The number of carbonyl (C=O) groups is 1. The van der Waals surface area contributed by atoms with Crippen molar-refractivity contribution in [2.45, 2.75) is 6.92 Å². The Bertz CT molecular complexity index is 586. The van der Waals surface area contributed by atoms with Crippen molar-refractivity contribution in [3.63, 3.8) is 0 Å². The Morgan fingerprint density at radius 1 is 1.59 bits per heavy atom. The van der Waals surface area contributed by atoms with E-state index in [1.165, 1.54) is 18.3 Å². The molecule has 0 aliphatic rings. The van der Waals surface area contributed by atoms with E-state index in [0.717, 1.165) is 4.70 Å². The van der Waals surface area contributed by atoms with E-state index in [1.807, 2.05) is 0 Å². The van der Waals surface area contributed by atoms with Crippen LogP contribution in [0.1, 0.15) is 6.92 Å². The first-order valence-electron chi connectivity index (χ1n) is 4.79. The number of nitrogens with one attached hydrogen (secondary N) is 1. The number of rotatable bonds is 3. The zero-order valence-corrected chi connectivity index (χ0v) is 9.69. The van der Waals surface area contributed by atoms with Crippen molar-refractivity contribution in [2.75, 3.05) is 5.32 Å². The minimum absolute atomic E-state index is 0.195. The molecule has 1 amide bonds. The second kappa shape index (κ2) is 4.60. The highest BCUT2D eigenvalue weighted by atomic mass is 32.1. The molecule has 1 aromatic heterocycles. The fourth-order valence-electron chi connectivity index (χ4n) is 1.37. The Kier molecular flexibility index (Phi) is 3.16. The number of anilines is 1. The van der Waals surface area contributed by atoms with Gasteiger partial charge in [0.05, 0.1) is 10.2 Å². The summed E-state index contributed by atoms with van der Waals surface area (Å²) in [5.41, 5.74) is 1.10. The van der Waals surface area contributed by atoms with E-state index in [0.29, 0.717) is 16.1 Å². The van der Waals surface area contributed by atoms with Crippen LogP contribution in [-0.4, -0.2) is 23.0 Å². The van der Waals surface area contributed by atoms with Crippen LogP contribution in [0.4, 0.5) is 5.13 Å². The third-order valence-corrected chi connectivity index (χ3v) is 3.03. The summed E-state index contributed by atoms with van der Waals surface area (Å²) in [6.07, 6.45) is 0. The highest BCUT2D eigenvalue weighted by Crippen LogP contribution is 2.24. The molecule has 0 radical (unpaired) electrons. The largest absolute Gasteiger partial charge is 0.517 e. The maximum atomic E-state index is 10.9. The van der Waals surface area contributed by atoms with Gasteiger partial charge in [-0.25, -0.2) is 4.98 Å². The van der Waals surface area contributed by atoms with Gasteiger partial charge in [0, 0.05) is 6.92 Å². The van der Waals surface area contributed by atoms with E-state index in [9.17, 15) is 14.7 Å². The van der Waals surface area contributed by atoms with Crippen LogP contribution in [0.3, 0.4) is 0 Å². The van der Waals surface area contributed by atoms with E-state index >= 15 is 0 Å². The van der Waals surface area contributed by atoms with Gasteiger partial charge in [-0.2, -0.15) is 4.91 Å². The topological polar surface area (TPSA) is 91.7 Å². The van der Waals surface area contributed by atoms with Gasteiger partial charge in [0.15, 0.2) is 5.13 Å². The van der Waals surface area contributed by atoms with E-state index in [-0.39, 0.29) is 5.91 Å². The second-order valence-corrected chi connectivity index (χ2v) is 4.44. The van der Waals surface area contributed by atoms with Crippen LogP contribution in [-0.2, 0) is 4.79 Å². The lowest BCUT2D eigenvalue weighted by molar-refractivity contribution is -0.114. The first-order chi connectivity index (χ1) is 8.10.